The monoisotopic (exact) mass is 287 g/mol. The lowest BCUT2D eigenvalue weighted by Crippen LogP contribution is -2.40. The molecule has 2 bridgehead atoms. The third kappa shape index (κ3) is 3.38. The van der Waals surface area contributed by atoms with E-state index >= 15 is 0 Å². The normalized spacial score (nSPS) is 25.9. The Bertz CT molecular complexity index is 523. The predicted octanol–water partition coefficient (Wildman–Crippen LogP) is 2.54. The molecule has 112 valence electrons. The Kier molecular flexibility index (Phi) is 4.13. The number of rotatable bonds is 6. The lowest BCUT2D eigenvalue weighted by atomic mass is 10.0. The van der Waals surface area contributed by atoms with Gasteiger partial charge < -0.3 is 14.8 Å². The zero-order valence-electron chi connectivity index (χ0n) is 12.2. The summed E-state index contributed by atoms with van der Waals surface area (Å²) in [6.07, 6.45) is 6.75. The van der Waals surface area contributed by atoms with E-state index in [9.17, 15) is 4.79 Å². The molecule has 21 heavy (non-hydrogen) atoms. The fourth-order valence-corrected chi connectivity index (χ4v) is 3.14. The molecule has 0 aromatic heterocycles. The van der Waals surface area contributed by atoms with Crippen molar-refractivity contribution in [3.63, 3.8) is 0 Å². The Balaban J connectivity index is 1.44. The first-order valence-corrected chi connectivity index (χ1v) is 7.58. The van der Waals surface area contributed by atoms with Gasteiger partial charge in [-0.1, -0.05) is 12.2 Å². The molecule has 1 aromatic carbocycles. The largest absolute Gasteiger partial charge is 0.494 e. The Morgan fingerprint density at radius 3 is 2.43 bits per heavy atom. The number of allylic oxidation sites excluding steroid dienone is 1. The molecular weight excluding hydrogens is 266 g/mol. The second-order valence-electron chi connectivity index (χ2n) is 5.65. The molecule has 0 aliphatic heterocycles. The van der Waals surface area contributed by atoms with Crippen LogP contribution in [0, 0.1) is 11.8 Å². The van der Waals surface area contributed by atoms with Crippen LogP contribution in [0.1, 0.15) is 19.8 Å². The van der Waals surface area contributed by atoms with Gasteiger partial charge in [0.25, 0.3) is 5.91 Å². The fraction of sp³-hybridized carbons (Fsp3) is 0.471. The Morgan fingerprint density at radius 1 is 1.14 bits per heavy atom. The van der Waals surface area contributed by atoms with Crippen molar-refractivity contribution in [2.24, 2.45) is 11.8 Å². The standard InChI is InChI=1S/C17H21NO3/c1-2-20-14-5-7-15(8-6-14)21-11-17(19)18-16-10-12-3-4-13(16)9-12/h3-8,12-13,16H,2,9-11H2,1H3,(H,18,19). The summed E-state index contributed by atoms with van der Waals surface area (Å²) >= 11 is 0. The molecule has 1 N–H and O–H groups in total. The molecule has 4 heteroatoms. The van der Waals surface area contributed by atoms with Gasteiger partial charge in [-0.2, -0.15) is 0 Å². The minimum absolute atomic E-state index is 0.0464. The van der Waals surface area contributed by atoms with Gasteiger partial charge >= 0.3 is 0 Å². The van der Waals surface area contributed by atoms with Crippen LogP contribution in [0.5, 0.6) is 11.5 Å². The van der Waals surface area contributed by atoms with Crippen molar-refractivity contribution in [2.75, 3.05) is 13.2 Å². The molecule has 2 aliphatic rings. The molecule has 0 heterocycles. The summed E-state index contributed by atoms with van der Waals surface area (Å²) in [6, 6.07) is 7.61. The maximum atomic E-state index is 11.9. The molecule has 4 nitrogen and oxygen atoms in total. The van der Waals surface area contributed by atoms with Crippen LogP contribution in [0.3, 0.4) is 0 Å². The molecule has 0 spiro atoms. The van der Waals surface area contributed by atoms with Crippen molar-refractivity contribution in [1.82, 2.24) is 5.32 Å². The van der Waals surface area contributed by atoms with Gasteiger partial charge in [0.2, 0.25) is 0 Å². The molecule has 1 fully saturated rings. The van der Waals surface area contributed by atoms with E-state index in [1.165, 1.54) is 6.42 Å². The van der Waals surface area contributed by atoms with Crippen LogP contribution in [0.4, 0.5) is 0 Å². The van der Waals surface area contributed by atoms with Crippen molar-refractivity contribution in [1.29, 1.82) is 0 Å². The van der Waals surface area contributed by atoms with Gasteiger partial charge in [-0.25, -0.2) is 0 Å². The summed E-state index contributed by atoms with van der Waals surface area (Å²) < 4.78 is 10.9. The number of nitrogens with one attached hydrogen (secondary N) is 1. The van der Waals surface area contributed by atoms with Crippen LogP contribution in [0.25, 0.3) is 0 Å². The van der Waals surface area contributed by atoms with Gasteiger partial charge in [0.1, 0.15) is 11.5 Å². The summed E-state index contributed by atoms with van der Waals surface area (Å²) in [7, 11) is 0. The molecule has 2 aliphatic carbocycles. The van der Waals surface area contributed by atoms with E-state index in [0.29, 0.717) is 24.2 Å². The number of fused-ring (bicyclic) bond motifs is 2. The van der Waals surface area contributed by atoms with E-state index in [1.54, 1.807) is 0 Å². The van der Waals surface area contributed by atoms with E-state index in [1.807, 2.05) is 31.2 Å². The third-order valence-electron chi connectivity index (χ3n) is 4.13. The van der Waals surface area contributed by atoms with Crippen LogP contribution in [0.2, 0.25) is 0 Å². The first-order valence-electron chi connectivity index (χ1n) is 7.58. The number of hydrogen-bond acceptors (Lipinski definition) is 3. The lowest BCUT2D eigenvalue weighted by molar-refractivity contribution is -0.124. The topological polar surface area (TPSA) is 47.6 Å². The van der Waals surface area contributed by atoms with E-state index in [4.69, 9.17) is 9.47 Å². The second kappa shape index (κ2) is 6.20. The zero-order chi connectivity index (χ0) is 14.7. The van der Waals surface area contributed by atoms with E-state index in [2.05, 4.69) is 17.5 Å². The molecule has 0 saturated heterocycles. The van der Waals surface area contributed by atoms with Gasteiger partial charge in [0, 0.05) is 6.04 Å². The van der Waals surface area contributed by atoms with Gasteiger partial charge in [-0.3, -0.25) is 4.79 Å². The van der Waals surface area contributed by atoms with Crippen LogP contribution in [-0.2, 0) is 4.79 Å². The predicted molar refractivity (Wildman–Crippen MR) is 80.4 cm³/mol. The maximum absolute atomic E-state index is 11.9. The molecule has 0 radical (unpaired) electrons. The minimum Gasteiger partial charge on any atom is -0.494 e. The molecule has 1 saturated carbocycles. The fourth-order valence-electron chi connectivity index (χ4n) is 3.14. The molecule has 1 amide bonds. The van der Waals surface area contributed by atoms with Crippen molar-refractivity contribution in [3.05, 3.63) is 36.4 Å². The molecule has 3 rings (SSSR count). The highest BCUT2D eigenvalue weighted by molar-refractivity contribution is 5.78. The highest BCUT2D eigenvalue weighted by Crippen LogP contribution is 2.38. The number of ether oxygens (including phenoxy) is 2. The SMILES string of the molecule is CCOc1ccc(OCC(=O)NC2CC3C=CC2C3)cc1. The maximum Gasteiger partial charge on any atom is 0.258 e. The van der Waals surface area contributed by atoms with Crippen molar-refractivity contribution >= 4 is 5.91 Å². The minimum atomic E-state index is -0.0464. The first-order chi connectivity index (χ1) is 10.2. The molecule has 3 unspecified atom stereocenters. The van der Waals surface area contributed by atoms with Gasteiger partial charge in [-0.05, 0) is 55.9 Å². The average molecular weight is 287 g/mol. The highest BCUT2D eigenvalue weighted by atomic mass is 16.5. The Labute approximate surface area is 125 Å². The molecule has 1 aromatic rings. The smallest absolute Gasteiger partial charge is 0.258 e. The molecule has 3 atom stereocenters. The van der Waals surface area contributed by atoms with Gasteiger partial charge in [0.05, 0.1) is 6.61 Å². The van der Waals surface area contributed by atoms with Crippen LogP contribution < -0.4 is 14.8 Å². The summed E-state index contributed by atoms with van der Waals surface area (Å²) in [5.41, 5.74) is 0. The first kappa shape index (κ1) is 14.0. The lowest BCUT2D eigenvalue weighted by Gasteiger charge is -2.19. The number of carbonyl (C=O) groups excluding carboxylic acids is 1. The highest BCUT2D eigenvalue weighted by Gasteiger charge is 2.36. The number of benzene rings is 1. The van der Waals surface area contributed by atoms with Gasteiger partial charge in [-0.15, -0.1) is 0 Å². The van der Waals surface area contributed by atoms with E-state index in [0.717, 1.165) is 12.2 Å². The van der Waals surface area contributed by atoms with E-state index in [-0.39, 0.29) is 18.6 Å². The summed E-state index contributed by atoms with van der Waals surface area (Å²) in [5.74, 6) is 2.62. The average Bonchev–Trinajstić information content (AvgIpc) is 3.09. The summed E-state index contributed by atoms with van der Waals surface area (Å²) in [4.78, 5) is 11.9. The quantitative estimate of drug-likeness (QED) is 0.818. The number of hydrogen-bond donors (Lipinski definition) is 1. The summed E-state index contributed by atoms with van der Waals surface area (Å²) in [6.45, 7) is 2.64. The second-order valence-corrected chi connectivity index (χ2v) is 5.65. The number of carbonyl (C=O) groups is 1. The Morgan fingerprint density at radius 2 is 1.86 bits per heavy atom. The van der Waals surface area contributed by atoms with Crippen LogP contribution in [-0.4, -0.2) is 25.2 Å². The van der Waals surface area contributed by atoms with Crippen LogP contribution >= 0.6 is 0 Å². The van der Waals surface area contributed by atoms with Crippen LogP contribution in [0.15, 0.2) is 36.4 Å². The molecular formula is C17H21NO3. The van der Waals surface area contributed by atoms with Gasteiger partial charge in [0.15, 0.2) is 6.61 Å². The zero-order valence-corrected chi connectivity index (χ0v) is 12.2. The van der Waals surface area contributed by atoms with E-state index < -0.39 is 0 Å². The Hall–Kier alpha value is -1.97. The van der Waals surface area contributed by atoms with Crippen molar-refractivity contribution in [2.45, 2.75) is 25.8 Å². The third-order valence-corrected chi connectivity index (χ3v) is 4.13. The number of amides is 1. The summed E-state index contributed by atoms with van der Waals surface area (Å²) in [5, 5.41) is 3.07. The van der Waals surface area contributed by atoms with Crippen molar-refractivity contribution < 1.29 is 14.3 Å². The van der Waals surface area contributed by atoms with Crippen molar-refractivity contribution in [3.8, 4) is 11.5 Å².